The SMILES string of the molecule is CCCc1nc(-c2ccc(Cl)cc2OCc2ccccc2)ccc1C(=O)O. The van der Waals surface area contributed by atoms with Crippen LogP contribution in [-0.2, 0) is 13.0 Å². The Morgan fingerprint density at radius 2 is 1.89 bits per heavy atom. The zero-order valence-corrected chi connectivity index (χ0v) is 15.7. The van der Waals surface area contributed by atoms with E-state index in [1.807, 2.05) is 43.3 Å². The first kappa shape index (κ1) is 18.9. The number of halogens is 1. The first-order chi connectivity index (χ1) is 13.1. The van der Waals surface area contributed by atoms with E-state index in [9.17, 15) is 9.90 Å². The number of nitrogens with zero attached hydrogens (tertiary/aromatic N) is 1. The van der Waals surface area contributed by atoms with Crippen molar-refractivity contribution in [1.29, 1.82) is 0 Å². The fourth-order valence-electron chi connectivity index (χ4n) is 2.84. The number of benzene rings is 2. The van der Waals surface area contributed by atoms with Gasteiger partial charge in [0.2, 0.25) is 0 Å². The van der Waals surface area contributed by atoms with Gasteiger partial charge in [-0.2, -0.15) is 0 Å². The Morgan fingerprint density at radius 1 is 1.11 bits per heavy atom. The van der Waals surface area contributed by atoms with Gasteiger partial charge in [0.15, 0.2) is 0 Å². The van der Waals surface area contributed by atoms with Crippen LogP contribution in [0.4, 0.5) is 0 Å². The third kappa shape index (κ3) is 4.66. The minimum absolute atomic E-state index is 0.237. The van der Waals surface area contributed by atoms with Crippen molar-refractivity contribution >= 4 is 17.6 Å². The lowest BCUT2D eigenvalue weighted by Gasteiger charge is -2.13. The molecule has 0 saturated heterocycles. The average Bonchev–Trinajstić information content (AvgIpc) is 2.67. The fourth-order valence-corrected chi connectivity index (χ4v) is 3.00. The number of pyridine rings is 1. The molecule has 2 aromatic carbocycles. The van der Waals surface area contributed by atoms with Crippen molar-refractivity contribution in [2.75, 3.05) is 0 Å². The largest absolute Gasteiger partial charge is 0.488 e. The van der Waals surface area contributed by atoms with Crippen molar-refractivity contribution in [1.82, 2.24) is 4.98 Å². The van der Waals surface area contributed by atoms with Crippen LogP contribution in [0.2, 0.25) is 5.02 Å². The van der Waals surface area contributed by atoms with Gasteiger partial charge in [0.25, 0.3) is 0 Å². The van der Waals surface area contributed by atoms with Crippen molar-refractivity contribution in [3.8, 4) is 17.0 Å². The lowest BCUT2D eigenvalue weighted by atomic mass is 10.1. The summed E-state index contributed by atoms with van der Waals surface area (Å²) in [5.74, 6) is -0.349. The number of carboxylic acids is 1. The standard InChI is InChI=1S/C22H20ClNO3/c1-2-6-19-18(22(25)26)11-12-20(24-19)17-10-9-16(23)13-21(17)27-14-15-7-4-3-5-8-15/h3-5,7-13H,2,6,14H2,1H3,(H,25,26). The van der Waals surface area contributed by atoms with Crippen molar-refractivity contribution < 1.29 is 14.6 Å². The monoisotopic (exact) mass is 381 g/mol. The summed E-state index contributed by atoms with van der Waals surface area (Å²) in [6.07, 6.45) is 1.41. The van der Waals surface area contributed by atoms with E-state index in [1.165, 1.54) is 0 Å². The molecule has 1 N–H and O–H groups in total. The number of aryl methyl sites for hydroxylation is 1. The average molecular weight is 382 g/mol. The zero-order chi connectivity index (χ0) is 19.2. The molecule has 0 radical (unpaired) electrons. The molecule has 0 fully saturated rings. The minimum Gasteiger partial charge on any atom is -0.488 e. The van der Waals surface area contributed by atoms with Gasteiger partial charge >= 0.3 is 5.97 Å². The molecule has 0 spiro atoms. The van der Waals surface area contributed by atoms with Gasteiger partial charge in [0.05, 0.1) is 17.0 Å². The van der Waals surface area contributed by atoms with Crippen LogP contribution >= 0.6 is 11.6 Å². The zero-order valence-electron chi connectivity index (χ0n) is 15.0. The molecule has 0 aliphatic heterocycles. The first-order valence-corrected chi connectivity index (χ1v) is 9.16. The summed E-state index contributed by atoms with van der Waals surface area (Å²) in [6, 6.07) is 18.5. The quantitative estimate of drug-likeness (QED) is 0.576. The summed E-state index contributed by atoms with van der Waals surface area (Å²) in [6.45, 7) is 2.40. The fraction of sp³-hybridized carbons (Fsp3) is 0.182. The Balaban J connectivity index is 1.96. The maximum absolute atomic E-state index is 11.4. The molecular formula is C22H20ClNO3. The maximum Gasteiger partial charge on any atom is 0.337 e. The number of aromatic carboxylic acids is 1. The van der Waals surface area contributed by atoms with Crippen LogP contribution in [0.15, 0.2) is 60.7 Å². The van der Waals surface area contributed by atoms with Gasteiger partial charge < -0.3 is 9.84 Å². The minimum atomic E-state index is -0.964. The van der Waals surface area contributed by atoms with Gasteiger partial charge in [-0.3, -0.25) is 4.98 Å². The highest BCUT2D eigenvalue weighted by atomic mass is 35.5. The smallest absolute Gasteiger partial charge is 0.337 e. The molecule has 0 aliphatic carbocycles. The number of ether oxygens (including phenoxy) is 1. The summed E-state index contributed by atoms with van der Waals surface area (Å²) in [7, 11) is 0. The summed E-state index contributed by atoms with van der Waals surface area (Å²) >= 11 is 6.16. The molecule has 3 aromatic rings. The number of rotatable bonds is 7. The Bertz CT molecular complexity index is 942. The van der Waals surface area contributed by atoms with Crippen LogP contribution in [0.1, 0.15) is 35.0 Å². The van der Waals surface area contributed by atoms with Crippen LogP contribution < -0.4 is 4.74 Å². The highest BCUT2D eigenvalue weighted by Gasteiger charge is 2.15. The predicted molar refractivity (Wildman–Crippen MR) is 106 cm³/mol. The van der Waals surface area contributed by atoms with Gasteiger partial charge in [-0.1, -0.05) is 55.3 Å². The Labute approximate surface area is 163 Å². The van der Waals surface area contributed by atoms with E-state index in [2.05, 4.69) is 4.98 Å². The van der Waals surface area contributed by atoms with Gasteiger partial charge in [-0.25, -0.2) is 4.79 Å². The molecule has 3 rings (SSSR count). The van der Waals surface area contributed by atoms with Gasteiger partial charge in [0.1, 0.15) is 12.4 Å². The second-order valence-corrected chi connectivity index (χ2v) is 6.60. The molecule has 5 heteroatoms. The van der Waals surface area contributed by atoms with E-state index < -0.39 is 5.97 Å². The molecule has 138 valence electrons. The second kappa shape index (κ2) is 8.69. The summed E-state index contributed by atoms with van der Waals surface area (Å²) in [5.41, 5.74) is 3.31. The van der Waals surface area contributed by atoms with E-state index in [0.29, 0.717) is 35.2 Å². The predicted octanol–water partition coefficient (Wildman–Crippen LogP) is 5.63. The molecule has 0 atom stereocenters. The Morgan fingerprint density at radius 3 is 2.59 bits per heavy atom. The number of carboxylic acid groups (broad SMARTS) is 1. The number of hydrogen-bond acceptors (Lipinski definition) is 3. The van der Waals surface area contributed by atoms with E-state index in [-0.39, 0.29) is 5.56 Å². The molecular weight excluding hydrogens is 362 g/mol. The van der Waals surface area contributed by atoms with E-state index >= 15 is 0 Å². The summed E-state index contributed by atoms with van der Waals surface area (Å²) < 4.78 is 6.00. The highest BCUT2D eigenvalue weighted by Crippen LogP contribution is 2.33. The van der Waals surface area contributed by atoms with Crippen LogP contribution in [0.3, 0.4) is 0 Å². The van der Waals surface area contributed by atoms with Crippen molar-refractivity contribution in [3.63, 3.8) is 0 Å². The van der Waals surface area contributed by atoms with Crippen LogP contribution in [0, 0.1) is 0 Å². The third-order valence-electron chi connectivity index (χ3n) is 4.15. The molecule has 0 saturated carbocycles. The Kier molecular flexibility index (Phi) is 6.09. The lowest BCUT2D eigenvalue weighted by molar-refractivity contribution is 0.0695. The lowest BCUT2D eigenvalue weighted by Crippen LogP contribution is -2.06. The van der Waals surface area contributed by atoms with Crippen LogP contribution in [-0.4, -0.2) is 16.1 Å². The molecule has 27 heavy (non-hydrogen) atoms. The second-order valence-electron chi connectivity index (χ2n) is 6.16. The number of hydrogen-bond donors (Lipinski definition) is 1. The Hall–Kier alpha value is -2.85. The number of aromatic nitrogens is 1. The molecule has 0 aliphatic rings. The van der Waals surface area contributed by atoms with Crippen LogP contribution in [0.25, 0.3) is 11.3 Å². The van der Waals surface area contributed by atoms with E-state index in [4.69, 9.17) is 16.3 Å². The molecule has 1 aromatic heterocycles. The van der Waals surface area contributed by atoms with Crippen molar-refractivity contribution in [2.24, 2.45) is 0 Å². The molecule has 4 nitrogen and oxygen atoms in total. The maximum atomic E-state index is 11.4. The molecule has 0 unspecified atom stereocenters. The third-order valence-corrected chi connectivity index (χ3v) is 4.38. The topological polar surface area (TPSA) is 59.4 Å². The van der Waals surface area contributed by atoms with E-state index in [1.54, 1.807) is 24.3 Å². The normalized spacial score (nSPS) is 10.6. The first-order valence-electron chi connectivity index (χ1n) is 8.78. The van der Waals surface area contributed by atoms with Crippen molar-refractivity contribution in [2.45, 2.75) is 26.4 Å². The highest BCUT2D eigenvalue weighted by molar-refractivity contribution is 6.30. The summed E-state index contributed by atoms with van der Waals surface area (Å²) in [4.78, 5) is 16.0. The molecule has 0 bridgehead atoms. The van der Waals surface area contributed by atoms with Gasteiger partial charge in [0, 0.05) is 10.6 Å². The van der Waals surface area contributed by atoms with Gasteiger partial charge in [-0.05, 0) is 42.3 Å². The number of carbonyl (C=O) groups is 1. The van der Waals surface area contributed by atoms with Crippen LogP contribution in [0.5, 0.6) is 5.75 Å². The van der Waals surface area contributed by atoms with Crippen molar-refractivity contribution in [3.05, 3.63) is 82.5 Å². The summed E-state index contributed by atoms with van der Waals surface area (Å²) in [5, 5.41) is 9.94. The molecule has 0 amide bonds. The van der Waals surface area contributed by atoms with Gasteiger partial charge in [-0.15, -0.1) is 0 Å². The molecule has 1 heterocycles. The van der Waals surface area contributed by atoms with E-state index in [0.717, 1.165) is 17.5 Å².